The molecule has 1 saturated heterocycles. The van der Waals surface area contributed by atoms with Crippen LogP contribution in [0.15, 0.2) is 0 Å². The largest absolute Gasteiger partial charge is 0.366 e. The van der Waals surface area contributed by atoms with Gasteiger partial charge in [0.05, 0.1) is 13.2 Å². The van der Waals surface area contributed by atoms with E-state index in [1.54, 1.807) is 19.0 Å². The second-order valence-electron chi connectivity index (χ2n) is 4.88. The topological polar surface area (TPSA) is 74.4 Å². The number of amides is 1. The molecular formula is C12H21N5O2. The number of likely N-dealkylation sites (N-methyl/N-ethyl adjacent to an activating group) is 1. The Morgan fingerprint density at radius 2 is 2.37 bits per heavy atom. The smallest absolute Gasteiger partial charge is 0.252 e. The van der Waals surface area contributed by atoms with Crippen LogP contribution in [0.2, 0.25) is 0 Å². The van der Waals surface area contributed by atoms with Crippen molar-refractivity contribution < 1.29 is 9.53 Å². The van der Waals surface area contributed by atoms with Crippen LogP contribution >= 0.6 is 0 Å². The highest BCUT2D eigenvalue weighted by Gasteiger charge is 2.28. The zero-order chi connectivity index (χ0) is 13.8. The normalized spacial score (nSPS) is 20.5. The van der Waals surface area contributed by atoms with E-state index in [9.17, 15) is 4.79 Å². The SMILES string of the molecule is CCc1n[nH]c(CN2CCO[C@@H](C(=O)N(C)C)C2)n1. The van der Waals surface area contributed by atoms with Gasteiger partial charge in [0.2, 0.25) is 0 Å². The van der Waals surface area contributed by atoms with Crippen molar-refractivity contribution in [3.05, 3.63) is 11.6 Å². The van der Waals surface area contributed by atoms with E-state index in [1.165, 1.54) is 0 Å². The summed E-state index contributed by atoms with van der Waals surface area (Å²) in [5, 5.41) is 7.05. The molecule has 0 bridgehead atoms. The zero-order valence-electron chi connectivity index (χ0n) is 11.7. The number of nitrogens with one attached hydrogen (secondary N) is 1. The molecule has 0 radical (unpaired) electrons. The third-order valence-electron chi connectivity index (χ3n) is 3.13. The minimum atomic E-state index is -0.377. The van der Waals surface area contributed by atoms with Crippen LogP contribution in [0.5, 0.6) is 0 Å². The molecule has 106 valence electrons. The molecule has 2 rings (SSSR count). The molecule has 1 atom stereocenters. The second kappa shape index (κ2) is 6.12. The fraction of sp³-hybridized carbons (Fsp3) is 0.750. The predicted molar refractivity (Wildman–Crippen MR) is 69.5 cm³/mol. The van der Waals surface area contributed by atoms with E-state index >= 15 is 0 Å². The predicted octanol–water partition coefficient (Wildman–Crippen LogP) is -0.344. The van der Waals surface area contributed by atoms with Crippen LogP contribution in [0.1, 0.15) is 18.6 Å². The molecule has 19 heavy (non-hydrogen) atoms. The maximum absolute atomic E-state index is 11.9. The Bertz CT molecular complexity index is 432. The summed E-state index contributed by atoms with van der Waals surface area (Å²) in [5.74, 6) is 1.68. The van der Waals surface area contributed by atoms with Gasteiger partial charge in [-0.2, -0.15) is 5.10 Å². The average Bonchev–Trinajstić information content (AvgIpc) is 2.85. The summed E-state index contributed by atoms with van der Waals surface area (Å²) in [6, 6.07) is 0. The number of morpholine rings is 1. The summed E-state index contributed by atoms with van der Waals surface area (Å²) in [5.41, 5.74) is 0. The van der Waals surface area contributed by atoms with Crippen LogP contribution in [0.4, 0.5) is 0 Å². The lowest BCUT2D eigenvalue weighted by atomic mass is 10.2. The molecule has 0 aromatic carbocycles. The Kier molecular flexibility index (Phi) is 4.49. The minimum absolute atomic E-state index is 0.0107. The van der Waals surface area contributed by atoms with Gasteiger partial charge in [-0.3, -0.25) is 14.8 Å². The van der Waals surface area contributed by atoms with Gasteiger partial charge in [0.25, 0.3) is 5.91 Å². The third-order valence-corrected chi connectivity index (χ3v) is 3.13. The third kappa shape index (κ3) is 3.51. The maximum atomic E-state index is 11.9. The van der Waals surface area contributed by atoms with Gasteiger partial charge in [0, 0.05) is 33.6 Å². The van der Waals surface area contributed by atoms with Crippen LogP contribution in [0.3, 0.4) is 0 Å². The van der Waals surface area contributed by atoms with Gasteiger partial charge in [0.15, 0.2) is 0 Å². The summed E-state index contributed by atoms with van der Waals surface area (Å²) in [6.45, 7) is 4.67. The first-order chi connectivity index (χ1) is 9.10. The summed E-state index contributed by atoms with van der Waals surface area (Å²) in [4.78, 5) is 20.0. The minimum Gasteiger partial charge on any atom is -0.366 e. The molecule has 0 saturated carbocycles. The number of rotatable bonds is 4. The summed E-state index contributed by atoms with van der Waals surface area (Å²) < 4.78 is 5.52. The van der Waals surface area contributed by atoms with Gasteiger partial charge in [-0.15, -0.1) is 0 Å². The number of hydrogen-bond donors (Lipinski definition) is 1. The Morgan fingerprint density at radius 1 is 1.58 bits per heavy atom. The number of nitrogens with zero attached hydrogens (tertiary/aromatic N) is 4. The molecule has 7 nitrogen and oxygen atoms in total. The van der Waals surface area contributed by atoms with Crippen LogP contribution in [0.25, 0.3) is 0 Å². The van der Waals surface area contributed by atoms with E-state index in [0.717, 1.165) is 24.6 Å². The Balaban J connectivity index is 1.92. The number of carbonyl (C=O) groups is 1. The molecule has 0 spiro atoms. The summed E-state index contributed by atoms with van der Waals surface area (Å²) >= 11 is 0. The Morgan fingerprint density at radius 3 is 3.00 bits per heavy atom. The number of carbonyl (C=O) groups excluding carboxylic acids is 1. The molecule has 7 heteroatoms. The number of aromatic amines is 1. The maximum Gasteiger partial charge on any atom is 0.252 e. The monoisotopic (exact) mass is 267 g/mol. The van der Waals surface area contributed by atoms with Gasteiger partial charge in [-0.05, 0) is 0 Å². The highest BCUT2D eigenvalue weighted by molar-refractivity contribution is 5.80. The molecule has 1 aromatic rings. The van der Waals surface area contributed by atoms with Crippen molar-refractivity contribution in [3.8, 4) is 0 Å². The van der Waals surface area contributed by atoms with Gasteiger partial charge in [0.1, 0.15) is 17.8 Å². The molecule has 1 fully saturated rings. The van der Waals surface area contributed by atoms with Crippen molar-refractivity contribution in [1.82, 2.24) is 25.0 Å². The highest BCUT2D eigenvalue weighted by atomic mass is 16.5. The first-order valence-corrected chi connectivity index (χ1v) is 6.55. The van der Waals surface area contributed by atoms with Crippen molar-refractivity contribution in [1.29, 1.82) is 0 Å². The fourth-order valence-corrected chi connectivity index (χ4v) is 2.06. The molecule has 2 heterocycles. The molecule has 0 unspecified atom stereocenters. The highest BCUT2D eigenvalue weighted by Crippen LogP contribution is 2.10. The van der Waals surface area contributed by atoms with E-state index < -0.39 is 0 Å². The molecular weight excluding hydrogens is 246 g/mol. The van der Waals surface area contributed by atoms with Gasteiger partial charge >= 0.3 is 0 Å². The van der Waals surface area contributed by atoms with Crippen molar-refractivity contribution in [3.63, 3.8) is 0 Å². The molecule has 1 aliphatic heterocycles. The quantitative estimate of drug-likeness (QED) is 0.807. The van der Waals surface area contributed by atoms with E-state index in [2.05, 4.69) is 20.1 Å². The van der Waals surface area contributed by atoms with Crippen molar-refractivity contribution in [2.24, 2.45) is 0 Å². The lowest BCUT2D eigenvalue weighted by Gasteiger charge is -2.32. The van der Waals surface area contributed by atoms with Gasteiger partial charge in [-0.1, -0.05) is 6.92 Å². The first kappa shape index (κ1) is 14.0. The lowest BCUT2D eigenvalue weighted by Crippen LogP contribution is -2.49. The standard InChI is InChI=1S/C12H21N5O2/c1-4-10-13-11(15-14-10)8-17-5-6-19-9(7-17)12(18)16(2)3/h9H,4-8H2,1-3H3,(H,13,14,15)/t9-/m1/s1. The molecule has 1 aliphatic rings. The van der Waals surface area contributed by atoms with E-state index in [1.807, 2.05) is 6.92 Å². The van der Waals surface area contributed by atoms with E-state index in [4.69, 9.17) is 4.74 Å². The van der Waals surface area contributed by atoms with Crippen LogP contribution < -0.4 is 0 Å². The number of ether oxygens (including phenoxy) is 1. The van der Waals surface area contributed by atoms with E-state index in [-0.39, 0.29) is 12.0 Å². The molecule has 1 N–H and O–H groups in total. The van der Waals surface area contributed by atoms with Crippen molar-refractivity contribution in [2.45, 2.75) is 26.0 Å². The van der Waals surface area contributed by atoms with Crippen molar-refractivity contribution in [2.75, 3.05) is 33.8 Å². The number of hydrogen-bond acceptors (Lipinski definition) is 5. The van der Waals surface area contributed by atoms with Crippen LogP contribution in [0, 0.1) is 0 Å². The van der Waals surface area contributed by atoms with E-state index in [0.29, 0.717) is 19.7 Å². The fourth-order valence-electron chi connectivity index (χ4n) is 2.06. The lowest BCUT2D eigenvalue weighted by molar-refractivity contribution is -0.147. The van der Waals surface area contributed by atoms with Crippen LogP contribution in [-0.2, 0) is 22.5 Å². The van der Waals surface area contributed by atoms with Gasteiger partial charge < -0.3 is 9.64 Å². The Labute approximate surface area is 112 Å². The number of aryl methyl sites for hydroxylation is 1. The second-order valence-corrected chi connectivity index (χ2v) is 4.88. The van der Waals surface area contributed by atoms with Gasteiger partial charge in [-0.25, -0.2) is 4.98 Å². The average molecular weight is 267 g/mol. The van der Waals surface area contributed by atoms with Crippen molar-refractivity contribution >= 4 is 5.91 Å². The summed E-state index contributed by atoms with van der Waals surface area (Å²) in [6.07, 6.45) is 0.443. The molecule has 1 amide bonds. The number of H-pyrrole nitrogens is 1. The molecule has 1 aromatic heterocycles. The number of aromatic nitrogens is 3. The first-order valence-electron chi connectivity index (χ1n) is 6.55. The zero-order valence-corrected chi connectivity index (χ0v) is 11.7. The Hall–Kier alpha value is -1.47. The molecule has 0 aliphatic carbocycles. The van der Waals surface area contributed by atoms with Crippen LogP contribution in [-0.4, -0.2) is 70.8 Å². The summed E-state index contributed by atoms with van der Waals surface area (Å²) in [7, 11) is 3.49.